The fraction of sp³-hybridized carbons (Fsp3) is 0.133. The first kappa shape index (κ1) is 16.7. The van der Waals surface area contributed by atoms with Crippen LogP contribution in [0, 0.1) is 6.92 Å². The van der Waals surface area contributed by atoms with E-state index in [4.69, 9.17) is 16.0 Å². The van der Waals surface area contributed by atoms with Gasteiger partial charge >= 0.3 is 5.63 Å². The van der Waals surface area contributed by atoms with Crippen LogP contribution in [-0.2, 0) is 0 Å². The number of anilines is 1. The molecule has 0 saturated heterocycles. The van der Waals surface area contributed by atoms with Crippen molar-refractivity contribution in [3.63, 3.8) is 0 Å². The van der Waals surface area contributed by atoms with Crippen LogP contribution < -0.4 is 11.1 Å². The van der Waals surface area contributed by atoms with Crippen molar-refractivity contribution in [3.05, 3.63) is 49.7 Å². The molecular formula is C15H12ClN3O3S2. The zero-order valence-electron chi connectivity index (χ0n) is 12.7. The zero-order valence-corrected chi connectivity index (χ0v) is 15.1. The lowest BCUT2D eigenvalue weighted by Crippen LogP contribution is -2.14. The van der Waals surface area contributed by atoms with Gasteiger partial charge < -0.3 is 9.52 Å². The van der Waals surface area contributed by atoms with E-state index < -0.39 is 5.63 Å². The average molecular weight is 382 g/mol. The Kier molecular flexibility index (Phi) is 4.70. The minimum atomic E-state index is -0.638. The fourth-order valence-electron chi connectivity index (χ4n) is 2.02. The number of thiophene rings is 1. The minimum absolute atomic E-state index is 0.0196. The molecule has 0 aliphatic carbocycles. The molecule has 2 N–H and O–H groups in total. The highest BCUT2D eigenvalue weighted by Crippen LogP contribution is 2.34. The smallest absolute Gasteiger partial charge is 0.348 e. The third-order valence-electron chi connectivity index (χ3n) is 3.09. The van der Waals surface area contributed by atoms with Gasteiger partial charge in [-0.2, -0.15) is 5.10 Å². The molecule has 0 unspecified atom stereocenters. The molecule has 24 heavy (non-hydrogen) atoms. The summed E-state index contributed by atoms with van der Waals surface area (Å²) < 4.78 is 4.98. The lowest BCUT2D eigenvalue weighted by Gasteiger charge is -2.03. The third kappa shape index (κ3) is 3.35. The normalized spacial score (nSPS) is 11.7. The fourth-order valence-corrected chi connectivity index (χ4v) is 3.85. The Hall–Kier alpha value is -2.16. The van der Waals surface area contributed by atoms with Gasteiger partial charge in [-0.15, -0.1) is 22.7 Å². The van der Waals surface area contributed by atoms with Crippen LogP contribution in [0.15, 0.2) is 37.2 Å². The van der Waals surface area contributed by atoms with Crippen molar-refractivity contribution >= 4 is 45.1 Å². The summed E-state index contributed by atoms with van der Waals surface area (Å²) >= 11 is 8.96. The molecule has 0 bridgehead atoms. The van der Waals surface area contributed by atoms with Gasteiger partial charge in [0.2, 0.25) is 5.13 Å². The number of hydrogen-bond donors (Lipinski definition) is 2. The Labute approximate surface area is 150 Å². The Bertz CT molecular complexity index is 975. The third-order valence-corrected chi connectivity index (χ3v) is 5.20. The lowest BCUT2D eigenvalue weighted by atomic mass is 10.2. The van der Waals surface area contributed by atoms with Gasteiger partial charge in [-0.3, -0.25) is 5.43 Å². The number of aryl methyl sites for hydroxylation is 1. The van der Waals surface area contributed by atoms with Crippen molar-refractivity contribution in [1.29, 1.82) is 0 Å². The first-order valence-corrected chi connectivity index (χ1v) is 8.92. The summed E-state index contributed by atoms with van der Waals surface area (Å²) in [6.45, 7) is 3.18. The van der Waals surface area contributed by atoms with E-state index in [1.54, 1.807) is 13.8 Å². The number of aromatic hydroxyl groups is 1. The Morgan fingerprint density at radius 1 is 1.46 bits per heavy atom. The second-order valence-electron chi connectivity index (χ2n) is 4.85. The van der Waals surface area contributed by atoms with Gasteiger partial charge in [0, 0.05) is 11.4 Å². The van der Waals surface area contributed by atoms with E-state index in [2.05, 4.69) is 15.5 Å². The van der Waals surface area contributed by atoms with Gasteiger partial charge in [-0.05, 0) is 25.3 Å². The molecule has 124 valence electrons. The maximum Gasteiger partial charge on any atom is 0.348 e. The largest absolute Gasteiger partial charge is 0.507 e. The Balaban J connectivity index is 1.83. The highest BCUT2D eigenvalue weighted by atomic mass is 35.5. The summed E-state index contributed by atoms with van der Waals surface area (Å²) in [5.41, 5.74) is 3.22. The van der Waals surface area contributed by atoms with Crippen LogP contribution in [0.1, 0.15) is 18.2 Å². The number of aromatic nitrogens is 1. The van der Waals surface area contributed by atoms with Crippen molar-refractivity contribution in [2.75, 3.05) is 5.43 Å². The summed E-state index contributed by atoms with van der Waals surface area (Å²) in [7, 11) is 0. The molecule has 0 spiro atoms. The van der Waals surface area contributed by atoms with E-state index in [9.17, 15) is 9.90 Å². The van der Waals surface area contributed by atoms with E-state index in [0.717, 1.165) is 10.6 Å². The number of nitrogens with one attached hydrogen (secondary N) is 1. The van der Waals surface area contributed by atoms with Crippen LogP contribution in [0.2, 0.25) is 5.02 Å². The highest BCUT2D eigenvalue weighted by Gasteiger charge is 2.14. The summed E-state index contributed by atoms with van der Waals surface area (Å²) in [4.78, 5) is 17.1. The van der Waals surface area contributed by atoms with Gasteiger partial charge in [0.15, 0.2) is 0 Å². The molecule has 9 heteroatoms. The standard InChI is InChI=1S/C15H12ClN3O3S2/c1-7-5-11(20)12(14(21)22-7)8(2)18-19-15-17-10(6-24-15)13-9(16)3-4-23-13/h3-6,20H,1-2H3,(H,17,19). The Morgan fingerprint density at radius 2 is 2.25 bits per heavy atom. The molecule has 3 heterocycles. The molecule has 0 fully saturated rings. The summed E-state index contributed by atoms with van der Waals surface area (Å²) in [5, 5.41) is 19.0. The molecule has 0 saturated carbocycles. The van der Waals surface area contributed by atoms with Crippen LogP contribution in [0.4, 0.5) is 5.13 Å². The summed E-state index contributed by atoms with van der Waals surface area (Å²) in [6.07, 6.45) is 0. The number of nitrogens with zero attached hydrogens (tertiary/aromatic N) is 2. The van der Waals surface area contributed by atoms with Crippen LogP contribution in [0.5, 0.6) is 5.75 Å². The molecular weight excluding hydrogens is 370 g/mol. The average Bonchev–Trinajstić information content (AvgIpc) is 3.12. The maximum absolute atomic E-state index is 11.8. The van der Waals surface area contributed by atoms with Gasteiger partial charge in [0.25, 0.3) is 0 Å². The molecule has 0 radical (unpaired) electrons. The van der Waals surface area contributed by atoms with Gasteiger partial charge in [-0.1, -0.05) is 11.6 Å². The molecule has 0 aliphatic heterocycles. The number of hydrogen-bond acceptors (Lipinski definition) is 8. The quantitative estimate of drug-likeness (QED) is 0.518. The van der Waals surface area contributed by atoms with Crippen molar-refractivity contribution in [2.24, 2.45) is 5.10 Å². The number of rotatable bonds is 4. The molecule has 0 aromatic carbocycles. The summed E-state index contributed by atoms with van der Waals surface area (Å²) in [6, 6.07) is 3.19. The van der Waals surface area contributed by atoms with Crippen molar-refractivity contribution in [1.82, 2.24) is 4.98 Å². The van der Waals surface area contributed by atoms with Crippen LogP contribution >= 0.6 is 34.3 Å². The molecule has 3 aromatic heterocycles. The predicted molar refractivity (Wildman–Crippen MR) is 97.7 cm³/mol. The van der Waals surface area contributed by atoms with Crippen LogP contribution in [0.3, 0.4) is 0 Å². The second kappa shape index (κ2) is 6.76. The van der Waals surface area contributed by atoms with Crippen molar-refractivity contribution < 1.29 is 9.52 Å². The molecule has 0 aliphatic rings. The lowest BCUT2D eigenvalue weighted by molar-refractivity contribution is 0.432. The highest BCUT2D eigenvalue weighted by molar-refractivity contribution is 7.16. The van der Waals surface area contributed by atoms with Crippen molar-refractivity contribution in [3.8, 4) is 16.3 Å². The number of halogens is 1. The molecule has 0 amide bonds. The van der Waals surface area contributed by atoms with Crippen molar-refractivity contribution in [2.45, 2.75) is 13.8 Å². The first-order chi connectivity index (χ1) is 11.5. The minimum Gasteiger partial charge on any atom is -0.507 e. The number of thiazole rings is 1. The van der Waals surface area contributed by atoms with E-state index in [-0.39, 0.29) is 11.3 Å². The molecule has 3 aromatic rings. The van der Waals surface area contributed by atoms with Gasteiger partial charge in [-0.25, -0.2) is 9.78 Å². The van der Waals surface area contributed by atoms with E-state index in [0.29, 0.717) is 21.6 Å². The topological polar surface area (TPSA) is 87.7 Å². The second-order valence-corrected chi connectivity index (χ2v) is 7.03. The van der Waals surface area contributed by atoms with Crippen LogP contribution in [-0.4, -0.2) is 15.8 Å². The predicted octanol–water partition coefficient (Wildman–Crippen LogP) is 4.33. The monoisotopic (exact) mass is 381 g/mol. The van der Waals surface area contributed by atoms with Gasteiger partial charge in [0.05, 0.1) is 21.3 Å². The van der Waals surface area contributed by atoms with Crippen LogP contribution in [0.25, 0.3) is 10.6 Å². The zero-order chi connectivity index (χ0) is 17.3. The first-order valence-electron chi connectivity index (χ1n) is 6.79. The number of hydrazone groups is 1. The Morgan fingerprint density at radius 3 is 2.92 bits per heavy atom. The molecule has 3 rings (SSSR count). The van der Waals surface area contributed by atoms with E-state index in [1.165, 1.54) is 28.7 Å². The summed E-state index contributed by atoms with van der Waals surface area (Å²) in [5.74, 6) is 0.163. The molecule has 6 nitrogen and oxygen atoms in total. The maximum atomic E-state index is 11.8. The SMILES string of the molecule is CC(=NNc1nc(-c2sccc2Cl)cs1)c1c(O)cc(C)oc1=O. The van der Waals surface area contributed by atoms with E-state index >= 15 is 0 Å². The molecule has 0 atom stereocenters. The van der Waals surface area contributed by atoms with E-state index in [1.807, 2.05) is 16.8 Å². The van der Waals surface area contributed by atoms with Gasteiger partial charge in [0.1, 0.15) is 17.1 Å².